The number of ketones is 1. The highest BCUT2D eigenvalue weighted by Crippen LogP contribution is 2.64. The molecule has 5 nitrogen and oxygen atoms in total. The molecule has 136 valence electrons. The molecule has 1 spiro atoms. The number of hydrogen-bond acceptors (Lipinski definition) is 4. The number of carbonyl (C=O) groups is 2. The van der Waals surface area contributed by atoms with E-state index in [9.17, 15) is 14.7 Å². The van der Waals surface area contributed by atoms with E-state index in [0.717, 1.165) is 35.3 Å². The Bertz CT molecular complexity index is 875. The number of rotatable bonds is 1. The van der Waals surface area contributed by atoms with Gasteiger partial charge in [-0.25, -0.2) is 0 Å². The molecule has 5 heteroatoms. The number of carbonyl (C=O) groups excluding carboxylic acids is 2. The van der Waals surface area contributed by atoms with E-state index in [-0.39, 0.29) is 23.7 Å². The fourth-order valence-electron chi connectivity index (χ4n) is 6.30. The first-order chi connectivity index (χ1) is 12.5. The van der Waals surface area contributed by atoms with E-state index in [4.69, 9.17) is 4.74 Å². The van der Waals surface area contributed by atoms with Crippen LogP contribution >= 0.6 is 0 Å². The minimum absolute atomic E-state index is 0.0962. The lowest BCUT2D eigenvalue weighted by Gasteiger charge is -2.62. The van der Waals surface area contributed by atoms with Crippen molar-refractivity contribution in [2.75, 3.05) is 6.54 Å². The summed E-state index contributed by atoms with van der Waals surface area (Å²) < 4.78 is 6.23. The van der Waals surface area contributed by atoms with Crippen molar-refractivity contribution in [1.82, 2.24) is 4.90 Å². The van der Waals surface area contributed by atoms with Gasteiger partial charge in [0.25, 0.3) is 0 Å². The highest BCUT2D eigenvalue weighted by atomic mass is 16.5. The molecule has 26 heavy (non-hydrogen) atoms. The summed E-state index contributed by atoms with van der Waals surface area (Å²) >= 11 is 0. The third-order valence-electron chi connectivity index (χ3n) is 7.69. The van der Waals surface area contributed by atoms with Crippen molar-refractivity contribution in [1.29, 1.82) is 0 Å². The van der Waals surface area contributed by atoms with Crippen LogP contribution in [0.25, 0.3) is 0 Å². The Morgan fingerprint density at radius 3 is 2.88 bits per heavy atom. The molecular formula is C21H23NO4. The van der Waals surface area contributed by atoms with Crippen molar-refractivity contribution in [2.24, 2.45) is 5.92 Å². The summed E-state index contributed by atoms with van der Waals surface area (Å²) in [7, 11) is 0. The lowest BCUT2D eigenvalue weighted by molar-refractivity contribution is -0.193. The molecule has 1 N–H and O–H groups in total. The van der Waals surface area contributed by atoms with Crippen molar-refractivity contribution >= 4 is 11.7 Å². The molecule has 1 aromatic carbocycles. The monoisotopic (exact) mass is 353 g/mol. The summed E-state index contributed by atoms with van der Waals surface area (Å²) in [6, 6.07) is 3.91. The van der Waals surface area contributed by atoms with Gasteiger partial charge in [0, 0.05) is 24.4 Å². The number of ether oxygens (including phenoxy) is 1. The van der Waals surface area contributed by atoms with Crippen molar-refractivity contribution in [2.45, 2.75) is 68.6 Å². The Morgan fingerprint density at radius 1 is 1.31 bits per heavy atom. The fraction of sp³-hybridized carbons (Fsp3) is 0.619. The van der Waals surface area contributed by atoms with Crippen LogP contribution in [0, 0.1) is 12.8 Å². The van der Waals surface area contributed by atoms with E-state index < -0.39 is 17.1 Å². The van der Waals surface area contributed by atoms with Crippen molar-refractivity contribution in [3.8, 4) is 5.75 Å². The summed E-state index contributed by atoms with van der Waals surface area (Å²) in [5, 5.41) is 12.0. The van der Waals surface area contributed by atoms with Crippen LogP contribution in [0.2, 0.25) is 0 Å². The lowest BCUT2D eigenvalue weighted by atomic mass is 9.49. The maximum absolute atomic E-state index is 12.9. The van der Waals surface area contributed by atoms with Gasteiger partial charge in [-0.1, -0.05) is 12.1 Å². The van der Waals surface area contributed by atoms with Gasteiger partial charge in [0.2, 0.25) is 5.91 Å². The number of hydrogen-bond donors (Lipinski definition) is 1. The van der Waals surface area contributed by atoms with E-state index in [2.05, 4.69) is 6.07 Å². The van der Waals surface area contributed by atoms with E-state index in [0.29, 0.717) is 32.2 Å². The molecular weight excluding hydrogens is 330 g/mol. The van der Waals surface area contributed by atoms with Gasteiger partial charge in [-0.15, -0.1) is 0 Å². The summed E-state index contributed by atoms with van der Waals surface area (Å²) in [6.07, 6.45) is 3.36. The summed E-state index contributed by atoms with van der Waals surface area (Å²) in [4.78, 5) is 27.6. The molecule has 2 heterocycles. The largest absolute Gasteiger partial charge is 0.481 e. The third-order valence-corrected chi connectivity index (χ3v) is 7.69. The van der Waals surface area contributed by atoms with Gasteiger partial charge in [0.05, 0.1) is 17.1 Å². The van der Waals surface area contributed by atoms with Crippen molar-refractivity contribution in [3.63, 3.8) is 0 Å². The first-order valence-corrected chi connectivity index (χ1v) is 9.82. The summed E-state index contributed by atoms with van der Waals surface area (Å²) in [5.41, 5.74) is 1.49. The Labute approximate surface area is 152 Å². The standard InChI is InChI=1S/C21H23NO4/c1-11-2-3-13-10-15-21(25)7-6-14(23)18-20(21,16(13)17(11)26-18)8-9-22(15)19(24)12-4-5-12/h2-3,12,15,18,25H,4-10H2,1H3/t15-,18+,20+,21-/m0/s1. The number of piperidine rings is 1. The van der Waals surface area contributed by atoms with Crippen LogP contribution in [0.4, 0.5) is 0 Å². The van der Waals surface area contributed by atoms with Gasteiger partial charge >= 0.3 is 0 Å². The van der Waals surface area contributed by atoms with Crippen LogP contribution in [-0.4, -0.2) is 46.0 Å². The van der Waals surface area contributed by atoms with Gasteiger partial charge in [-0.2, -0.15) is 0 Å². The minimum atomic E-state index is -1.07. The van der Waals surface area contributed by atoms with Crippen LogP contribution in [0.15, 0.2) is 12.1 Å². The van der Waals surface area contributed by atoms with Gasteiger partial charge in [-0.3, -0.25) is 9.59 Å². The highest BCUT2D eigenvalue weighted by Gasteiger charge is 2.73. The smallest absolute Gasteiger partial charge is 0.226 e. The number of Topliss-reactive ketones (excluding diaryl/α,β-unsaturated/α-hetero) is 1. The molecule has 5 aliphatic rings. The molecule has 1 amide bonds. The fourth-order valence-corrected chi connectivity index (χ4v) is 6.30. The average molecular weight is 353 g/mol. The van der Waals surface area contributed by atoms with Gasteiger partial charge < -0.3 is 14.7 Å². The van der Waals surface area contributed by atoms with Crippen LogP contribution in [0.1, 0.15) is 48.8 Å². The van der Waals surface area contributed by atoms with Gasteiger partial charge in [-0.05, 0) is 50.2 Å². The lowest BCUT2D eigenvalue weighted by Crippen LogP contribution is -2.77. The Hall–Kier alpha value is -1.88. The van der Waals surface area contributed by atoms with Crippen LogP contribution in [-0.2, 0) is 21.4 Å². The maximum Gasteiger partial charge on any atom is 0.226 e. The molecule has 2 bridgehead atoms. The van der Waals surface area contributed by atoms with Crippen LogP contribution in [0.3, 0.4) is 0 Å². The number of aryl methyl sites for hydroxylation is 1. The Balaban J connectivity index is 1.59. The zero-order chi connectivity index (χ0) is 17.8. The Kier molecular flexibility index (Phi) is 2.63. The molecule has 2 saturated carbocycles. The number of amides is 1. The number of nitrogens with zero attached hydrogens (tertiary/aromatic N) is 1. The van der Waals surface area contributed by atoms with Crippen LogP contribution in [0.5, 0.6) is 5.75 Å². The number of aliphatic hydroxyl groups is 1. The number of benzene rings is 1. The van der Waals surface area contributed by atoms with Crippen molar-refractivity contribution in [3.05, 3.63) is 28.8 Å². The zero-order valence-electron chi connectivity index (χ0n) is 15.0. The second-order valence-electron chi connectivity index (χ2n) is 8.88. The van der Waals surface area contributed by atoms with E-state index in [1.807, 2.05) is 17.9 Å². The van der Waals surface area contributed by atoms with Gasteiger partial charge in [0.1, 0.15) is 5.75 Å². The Morgan fingerprint density at radius 2 is 2.12 bits per heavy atom. The summed E-state index contributed by atoms with van der Waals surface area (Å²) in [5.74, 6) is 1.24. The average Bonchev–Trinajstić information content (AvgIpc) is 3.39. The molecule has 0 unspecified atom stereocenters. The molecule has 1 aromatic rings. The molecule has 2 aliphatic heterocycles. The molecule has 3 fully saturated rings. The topological polar surface area (TPSA) is 66.8 Å². The van der Waals surface area contributed by atoms with Crippen molar-refractivity contribution < 1.29 is 19.4 Å². The van der Waals surface area contributed by atoms with Crippen LogP contribution < -0.4 is 4.74 Å². The molecule has 0 radical (unpaired) electrons. The first-order valence-electron chi connectivity index (χ1n) is 9.82. The molecule has 0 aromatic heterocycles. The molecule has 1 saturated heterocycles. The highest BCUT2D eigenvalue weighted by molar-refractivity contribution is 5.90. The quantitative estimate of drug-likeness (QED) is 0.834. The minimum Gasteiger partial charge on any atom is -0.481 e. The first kappa shape index (κ1) is 15.2. The zero-order valence-corrected chi connectivity index (χ0v) is 15.0. The van der Waals surface area contributed by atoms with E-state index in [1.54, 1.807) is 0 Å². The van der Waals surface area contributed by atoms with Gasteiger partial charge in [0.15, 0.2) is 11.9 Å². The molecule has 3 aliphatic carbocycles. The normalized spacial score (nSPS) is 39.5. The second-order valence-corrected chi connectivity index (χ2v) is 8.88. The summed E-state index contributed by atoms with van der Waals surface area (Å²) in [6.45, 7) is 2.62. The third kappa shape index (κ3) is 1.50. The second kappa shape index (κ2) is 4.50. The van der Waals surface area contributed by atoms with E-state index >= 15 is 0 Å². The number of likely N-dealkylation sites (tertiary alicyclic amines) is 1. The van der Waals surface area contributed by atoms with E-state index in [1.165, 1.54) is 0 Å². The predicted octanol–water partition coefficient (Wildman–Crippen LogP) is 1.65. The maximum atomic E-state index is 12.9. The SMILES string of the molecule is Cc1ccc2c3c1O[C@@H]1C(=O)CC[C@]4(O)[C@H](C2)N(C(=O)C2CC2)CC[C@@]314. The predicted molar refractivity (Wildman–Crippen MR) is 93.0 cm³/mol. The molecule has 6 rings (SSSR count). The molecule has 4 atom stereocenters.